The first-order valence-electron chi connectivity index (χ1n) is 8.91. The molecule has 0 aliphatic heterocycles. The molecule has 4 nitrogen and oxygen atoms in total. The molecule has 0 bridgehead atoms. The lowest BCUT2D eigenvalue weighted by Crippen LogP contribution is -2.09. The minimum absolute atomic E-state index is 0.404. The van der Waals surface area contributed by atoms with Crippen molar-refractivity contribution in [3.8, 4) is 17.2 Å². The summed E-state index contributed by atoms with van der Waals surface area (Å²) in [5, 5.41) is 0. The standard InChI is InChI=1S/C22H26O4/c1-4-6-15-24-19-11-13-21(14-12-19)26-22(23)18-7-9-20(10-8-18)25-16-17(3)5-2/h4,7-14,17H,1,5-6,15-16H2,2-3H3. The molecule has 0 heterocycles. The summed E-state index contributed by atoms with van der Waals surface area (Å²) >= 11 is 0. The maximum atomic E-state index is 12.2. The van der Waals surface area contributed by atoms with E-state index in [0.29, 0.717) is 30.4 Å². The number of benzene rings is 2. The number of carbonyl (C=O) groups is 1. The van der Waals surface area contributed by atoms with Gasteiger partial charge in [0.2, 0.25) is 0 Å². The van der Waals surface area contributed by atoms with E-state index < -0.39 is 5.97 Å². The molecule has 138 valence electrons. The average molecular weight is 354 g/mol. The van der Waals surface area contributed by atoms with Gasteiger partial charge in [-0.25, -0.2) is 4.79 Å². The van der Waals surface area contributed by atoms with Crippen molar-refractivity contribution in [2.24, 2.45) is 5.92 Å². The van der Waals surface area contributed by atoms with Crippen molar-refractivity contribution in [1.29, 1.82) is 0 Å². The van der Waals surface area contributed by atoms with E-state index in [0.717, 1.165) is 24.3 Å². The van der Waals surface area contributed by atoms with Crippen molar-refractivity contribution in [2.45, 2.75) is 26.7 Å². The molecule has 2 aromatic rings. The van der Waals surface area contributed by atoms with Gasteiger partial charge < -0.3 is 14.2 Å². The quantitative estimate of drug-likeness (QED) is 0.252. The summed E-state index contributed by atoms with van der Waals surface area (Å²) in [6.07, 6.45) is 3.66. The van der Waals surface area contributed by atoms with E-state index in [2.05, 4.69) is 20.4 Å². The first kappa shape index (κ1) is 19.6. The van der Waals surface area contributed by atoms with E-state index in [1.54, 1.807) is 54.6 Å². The second-order valence-electron chi connectivity index (χ2n) is 6.14. The van der Waals surface area contributed by atoms with Gasteiger partial charge in [-0.1, -0.05) is 26.3 Å². The van der Waals surface area contributed by atoms with Crippen LogP contribution in [0.1, 0.15) is 37.0 Å². The molecular weight excluding hydrogens is 328 g/mol. The van der Waals surface area contributed by atoms with Crippen LogP contribution in [0.5, 0.6) is 17.2 Å². The van der Waals surface area contributed by atoms with E-state index >= 15 is 0 Å². The lowest BCUT2D eigenvalue weighted by Gasteiger charge is -2.11. The third-order valence-corrected chi connectivity index (χ3v) is 3.95. The molecule has 0 saturated heterocycles. The summed E-state index contributed by atoms with van der Waals surface area (Å²) in [4.78, 5) is 12.2. The Balaban J connectivity index is 1.87. The normalized spacial score (nSPS) is 11.5. The Bertz CT molecular complexity index is 689. The Morgan fingerprint density at radius 3 is 2.19 bits per heavy atom. The lowest BCUT2D eigenvalue weighted by molar-refractivity contribution is 0.0734. The molecular formula is C22H26O4. The van der Waals surface area contributed by atoms with Crippen LogP contribution in [-0.2, 0) is 0 Å². The molecule has 2 rings (SSSR count). The van der Waals surface area contributed by atoms with Crippen LogP contribution >= 0.6 is 0 Å². The van der Waals surface area contributed by atoms with Gasteiger partial charge in [-0.3, -0.25) is 0 Å². The fourth-order valence-electron chi connectivity index (χ4n) is 2.07. The fourth-order valence-corrected chi connectivity index (χ4v) is 2.07. The first-order valence-corrected chi connectivity index (χ1v) is 8.91. The molecule has 1 unspecified atom stereocenters. The molecule has 0 radical (unpaired) electrons. The monoisotopic (exact) mass is 354 g/mol. The molecule has 1 atom stereocenters. The fraction of sp³-hybridized carbons (Fsp3) is 0.318. The molecule has 0 aliphatic carbocycles. The molecule has 0 aliphatic rings. The number of esters is 1. The van der Waals surface area contributed by atoms with Crippen LogP contribution in [0.4, 0.5) is 0 Å². The summed E-state index contributed by atoms with van der Waals surface area (Å²) in [5.74, 6) is 2.06. The van der Waals surface area contributed by atoms with Crippen molar-refractivity contribution in [1.82, 2.24) is 0 Å². The van der Waals surface area contributed by atoms with E-state index in [4.69, 9.17) is 14.2 Å². The van der Waals surface area contributed by atoms with Gasteiger partial charge in [0.05, 0.1) is 18.8 Å². The Hall–Kier alpha value is -2.75. The van der Waals surface area contributed by atoms with E-state index in [9.17, 15) is 4.79 Å². The largest absolute Gasteiger partial charge is 0.493 e. The summed E-state index contributed by atoms with van der Waals surface area (Å²) in [7, 11) is 0. The van der Waals surface area contributed by atoms with Crippen molar-refractivity contribution in [3.05, 3.63) is 66.7 Å². The van der Waals surface area contributed by atoms with Gasteiger partial charge in [0.15, 0.2) is 0 Å². The summed E-state index contributed by atoms with van der Waals surface area (Å²) in [5.41, 5.74) is 0.479. The van der Waals surface area contributed by atoms with E-state index in [1.807, 2.05) is 0 Å². The van der Waals surface area contributed by atoms with Gasteiger partial charge in [-0.2, -0.15) is 0 Å². The molecule has 0 spiro atoms. The van der Waals surface area contributed by atoms with Crippen LogP contribution < -0.4 is 14.2 Å². The minimum Gasteiger partial charge on any atom is -0.493 e. The number of carbonyl (C=O) groups excluding carboxylic acids is 1. The highest BCUT2D eigenvalue weighted by atomic mass is 16.5. The van der Waals surface area contributed by atoms with E-state index in [1.165, 1.54) is 0 Å². The third-order valence-electron chi connectivity index (χ3n) is 3.95. The summed E-state index contributed by atoms with van der Waals surface area (Å²) < 4.78 is 16.6. The zero-order chi connectivity index (χ0) is 18.8. The topological polar surface area (TPSA) is 44.8 Å². The Labute approximate surface area is 155 Å². The smallest absolute Gasteiger partial charge is 0.343 e. The van der Waals surface area contributed by atoms with Crippen molar-refractivity contribution < 1.29 is 19.0 Å². The van der Waals surface area contributed by atoms with Gasteiger partial charge in [-0.05, 0) is 60.9 Å². The predicted molar refractivity (Wildman–Crippen MR) is 103 cm³/mol. The Morgan fingerprint density at radius 2 is 1.58 bits per heavy atom. The molecule has 0 aromatic heterocycles. The molecule has 0 amide bonds. The lowest BCUT2D eigenvalue weighted by atomic mass is 10.1. The highest BCUT2D eigenvalue weighted by molar-refractivity contribution is 5.91. The van der Waals surface area contributed by atoms with Gasteiger partial charge in [0.1, 0.15) is 17.2 Å². The molecule has 2 aromatic carbocycles. The SMILES string of the molecule is C=CCCOc1ccc(OC(=O)c2ccc(OCC(C)CC)cc2)cc1. The van der Waals surface area contributed by atoms with Crippen LogP contribution in [0.3, 0.4) is 0 Å². The number of hydrogen-bond donors (Lipinski definition) is 0. The Kier molecular flexibility index (Phi) is 7.75. The van der Waals surface area contributed by atoms with E-state index in [-0.39, 0.29) is 0 Å². The molecule has 0 fully saturated rings. The molecule has 4 heteroatoms. The molecule has 0 N–H and O–H groups in total. The highest BCUT2D eigenvalue weighted by Gasteiger charge is 2.09. The van der Waals surface area contributed by atoms with Gasteiger partial charge >= 0.3 is 5.97 Å². The van der Waals surface area contributed by atoms with Crippen molar-refractivity contribution >= 4 is 5.97 Å². The van der Waals surface area contributed by atoms with Crippen LogP contribution in [-0.4, -0.2) is 19.2 Å². The second-order valence-corrected chi connectivity index (χ2v) is 6.14. The predicted octanol–water partition coefficient (Wildman–Crippen LogP) is 5.29. The number of rotatable bonds is 10. The highest BCUT2D eigenvalue weighted by Crippen LogP contribution is 2.20. The first-order chi connectivity index (χ1) is 12.6. The van der Waals surface area contributed by atoms with Gasteiger partial charge in [0, 0.05) is 0 Å². The summed E-state index contributed by atoms with van der Waals surface area (Å²) in [6, 6.07) is 14.0. The van der Waals surface area contributed by atoms with Crippen LogP contribution in [0.2, 0.25) is 0 Å². The van der Waals surface area contributed by atoms with Gasteiger partial charge in [-0.15, -0.1) is 6.58 Å². The van der Waals surface area contributed by atoms with Crippen LogP contribution in [0.25, 0.3) is 0 Å². The zero-order valence-corrected chi connectivity index (χ0v) is 15.4. The second kappa shape index (κ2) is 10.3. The summed E-state index contributed by atoms with van der Waals surface area (Å²) in [6.45, 7) is 9.17. The Morgan fingerprint density at radius 1 is 1.00 bits per heavy atom. The zero-order valence-electron chi connectivity index (χ0n) is 15.4. The third kappa shape index (κ3) is 6.28. The van der Waals surface area contributed by atoms with Crippen molar-refractivity contribution in [2.75, 3.05) is 13.2 Å². The maximum Gasteiger partial charge on any atom is 0.343 e. The molecule has 0 saturated carbocycles. The van der Waals surface area contributed by atoms with Crippen LogP contribution in [0.15, 0.2) is 61.2 Å². The van der Waals surface area contributed by atoms with Crippen molar-refractivity contribution in [3.63, 3.8) is 0 Å². The van der Waals surface area contributed by atoms with Gasteiger partial charge in [0.25, 0.3) is 0 Å². The number of hydrogen-bond acceptors (Lipinski definition) is 4. The minimum atomic E-state index is -0.404. The number of ether oxygens (including phenoxy) is 3. The molecule has 26 heavy (non-hydrogen) atoms. The average Bonchev–Trinajstić information content (AvgIpc) is 2.68. The maximum absolute atomic E-state index is 12.2. The van der Waals surface area contributed by atoms with Crippen LogP contribution in [0, 0.1) is 5.92 Å².